The van der Waals surface area contributed by atoms with Crippen LogP contribution in [0.4, 0.5) is 5.82 Å². The standard InChI is InChI=1S/C17H21N3O/c1-10(2)9-12-14(17(12,3)4)16(21)18-15-11-7-5-6-8-13(11)19-20-15/h5-9,12,14H,1-4H3,(H2,18,19,20,21)/t12-,14+/m0/s1. The number of aromatic amines is 1. The van der Waals surface area contributed by atoms with E-state index in [-0.39, 0.29) is 17.2 Å². The van der Waals surface area contributed by atoms with Gasteiger partial charge in [-0.15, -0.1) is 0 Å². The van der Waals surface area contributed by atoms with Gasteiger partial charge in [0.2, 0.25) is 5.91 Å². The molecule has 1 aromatic heterocycles. The maximum absolute atomic E-state index is 12.5. The molecule has 0 bridgehead atoms. The molecule has 2 N–H and O–H groups in total. The van der Waals surface area contributed by atoms with Crippen molar-refractivity contribution in [1.82, 2.24) is 10.2 Å². The Morgan fingerprint density at radius 2 is 2.05 bits per heavy atom. The van der Waals surface area contributed by atoms with Crippen LogP contribution in [0.5, 0.6) is 0 Å². The number of carbonyl (C=O) groups excluding carboxylic acids is 1. The second kappa shape index (κ2) is 4.72. The van der Waals surface area contributed by atoms with Crippen LogP contribution in [0.3, 0.4) is 0 Å². The maximum Gasteiger partial charge on any atom is 0.229 e. The number of hydrogen-bond acceptors (Lipinski definition) is 2. The van der Waals surface area contributed by atoms with Crippen molar-refractivity contribution in [2.75, 3.05) is 5.32 Å². The average Bonchev–Trinajstić information content (AvgIpc) is 2.78. The Labute approximate surface area is 124 Å². The van der Waals surface area contributed by atoms with Crippen molar-refractivity contribution in [3.63, 3.8) is 0 Å². The summed E-state index contributed by atoms with van der Waals surface area (Å²) in [5, 5.41) is 11.1. The number of fused-ring (bicyclic) bond motifs is 1. The number of carbonyl (C=O) groups is 1. The molecule has 110 valence electrons. The molecule has 2 aromatic rings. The van der Waals surface area contributed by atoms with E-state index in [1.54, 1.807) is 0 Å². The molecule has 1 aliphatic carbocycles. The lowest BCUT2D eigenvalue weighted by Crippen LogP contribution is -2.17. The minimum absolute atomic E-state index is 0.0165. The van der Waals surface area contributed by atoms with Crippen LogP contribution >= 0.6 is 0 Å². The summed E-state index contributed by atoms with van der Waals surface area (Å²) >= 11 is 0. The molecule has 2 atom stereocenters. The molecule has 0 unspecified atom stereocenters. The SMILES string of the molecule is CC(C)=C[C@H]1[C@H](C(=O)Nc2n[nH]c3ccccc23)C1(C)C. The lowest BCUT2D eigenvalue weighted by molar-refractivity contribution is -0.118. The molecule has 1 aromatic carbocycles. The third kappa shape index (κ3) is 2.35. The number of amides is 1. The molecule has 21 heavy (non-hydrogen) atoms. The number of para-hydroxylation sites is 1. The molecule has 0 spiro atoms. The minimum Gasteiger partial charge on any atom is -0.308 e. The monoisotopic (exact) mass is 283 g/mol. The summed E-state index contributed by atoms with van der Waals surface area (Å²) in [4.78, 5) is 12.5. The second-order valence-corrected chi connectivity index (χ2v) is 6.68. The third-order valence-electron chi connectivity index (χ3n) is 4.42. The Balaban J connectivity index is 1.80. The van der Waals surface area contributed by atoms with Crippen LogP contribution < -0.4 is 5.32 Å². The van der Waals surface area contributed by atoms with Gasteiger partial charge in [0.05, 0.1) is 11.4 Å². The van der Waals surface area contributed by atoms with Crippen LogP contribution in [-0.4, -0.2) is 16.1 Å². The van der Waals surface area contributed by atoms with Crippen LogP contribution in [0.25, 0.3) is 10.9 Å². The Hall–Kier alpha value is -2.10. The highest BCUT2D eigenvalue weighted by molar-refractivity contribution is 6.02. The van der Waals surface area contributed by atoms with Crippen LogP contribution in [-0.2, 0) is 4.79 Å². The van der Waals surface area contributed by atoms with E-state index in [1.807, 2.05) is 24.3 Å². The van der Waals surface area contributed by atoms with Crippen LogP contribution in [0.1, 0.15) is 27.7 Å². The van der Waals surface area contributed by atoms with Crippen molar-refractivity contribution in [3.05, 3.63) is 35.9 Å². The highest BCUT2D eigenvalue weighted by Gasteiger charge is 2.60. The third-order valence-corrected chi connectivity index (χ3v) is 4.42. The lowest BCUT2D eigenvalue weighted by atomic mass is 10.1. The molecular formula is C17H21N3O. The van der Waals surface area contributed by atoms with Gasteiger partial charge < -0.3 is 5.32 Å². The number of H-pyrrole nitrogens is 1. The van der Waals surface area contributed by atoms with Crippen LogP contribution in [0.2, 0.25) is 0 Å². The highest BCUT2D eigenvalue weighted by Crippen LogP contribution is 2.59. The quantitative estimate of drug-likeness (QED) is 0.843. The number of benzene rings is 1. The van der Waals surface area contributed by atoms with Gasteiger partial charge >= 0.3 is 0 Å². The summed E-state index contributed by atoms with van der Waals surface area (Å²) in [5.74, 6) is 1.00. The molecular weight excluding hydrogens is 262 g/mol. The van der Waals surface area contributed by atoms with E-state index in [0.29, 0.717) is 11.7 Å². The summed E-state index contributed by atoms with van der Waals surface area (Å²) in [5.41, 5.74) is 2.21. The van der Waals surface area contributed by atoms with Gasteiger partial charge in [-0.1, -0.05) is 37.6 Å². The van der Waals surface area contributed by atoms with Crippen LogP contribution in [0, 0.1) is 17.3 Å². The first-order chi connectivity index (χ1) is 9.91. The van der Waals surface area contributed by atoms with Crippen molar-refractivity contribution in [3.8, 4) is 0 Å². The van der Waals surface area contributed by atoms with Gasteiger partial charge in [0.1, 0.15) is 0 Å². The maximum atomic E-state index is 12.5. The number of hydrogen-bond donors (Lipinski definition) is 2. The zero-order valence-electron chi connectivity index (χ0n) is 12.9. The molecule has 1 aliphatic rings. The predicted molar refractivity (Wildman–Crippen MR) is 84.9 cm³/mol. The molecule has 4 nitrogen and oxygen atoms in total. The number of nitrogens with zero attached hydrogens (tertiary/aromatic N) is 1. The Morgan fingerprint density at radius 1 is 1.33 bits per heavy atom. The summed E-state index contributed by atoms with van der Waals surface area (Å²) in [6.45, 7) is 8.43. The van der Waals surface area contributed by atoms with Crippen molar-refractivity contribution in [1.29, 1.82) is 0 Å². The predicted octanol–water partition coefficient (Wildman–Crippen LogP) is 3.74. The summed E-state index contributed by atoms with van der Waals surface area (Å²) in [6, 6.07) is 7.80. The molecule has 4 heteroatoms. The fourth-order valence-electron chi connectivity index (χ4n) is 3.10. The zero-order valence-corrected chi connectivity index (χ0v) is 12.9. The minimum atomic E-state index is 0.0165. The average molecular weight is 283 g/mol. The van der Waals surface area contributed by atoms with Gasteiger partial charge in [0, 0.05) is 5.39 Å². The van der Waals surface area contributed by atoms with E-state index in [1.165, 1.54) is 5.57 Å². The van der Waals surface area contributed by atoms with Crippen molar-refractivity contribution in [2.45, 2.75) is 27.7 Å². The molecule has 0 aliphatic heterocycles. The second-order valence-electron chi connectivity index (χ2n) is 6.68. The van der Waals surface area contributed by atoms with E-state index in [4.69, 9.17) is 0 Å². The van der Waals surface area contributed by atoms with Gasteiger partial charge in [-0.2, -0.15) is 5.10 Å². The molecule has 1 fully saturated rings. The first kappa shape index (κ1) is 13.9. The van der Waals surface area contributed by atoms with E-state index in [9.17, 15) is 4.79 Å². The summed E-state index contributed by atoms with van der Waals surface area (Å²) in [7, 11) is 0. The van der Waals surface area contributed by atoms with Gasteiger partial charge in [0.25, 0.3) is 0 Å². The fourth-order valence-corrected chi connectivity index (χ4v) is 3.10. The largest absolute Gasteiger partial charge is 0.308 e. The first-order valence-electron chi connectivity index (χ1n) is 7.30. The van der Waals surface area contributed by atoms with Gasteiger partial charge in [0.15, 0.2) is 5.82 Å². The van der Waals surface area contributed by atoms with E-state index in [2.05, 4.69) is 49.3 Å². The topological polar surface area (TPSA) is 57.8 Å². The van der Waals surface area contributed by atoms with Gasteiger partial charge in [-0.3, -0.25) is 9.89 Å². The number of allylic oxidation sites excluding steroid dienone is 2. The van der Waals surface area contributed by atoms with E-state index >= 15 is 0 Å². The summed E-state index contributed by atoms with van der Waals surface area (Å²) < 4.78 is 0. The van der Waals surface area contributed by atoms with Gasteiger partial charge in [-0.25, -0.2) is 0 Å². The van der Waals surface area contributed by atoms with E-state index in [0.717, 1.165) is 10.9 Å². The zero-order chi connectivity index (χ0) is 15.2. The molecule has 0 saturated heterocycles. The molecule has 1 saturated carbocycles. The number of aromatic nitrogens is 2. The van der Waals surface area contributed by atoms with E-state index < -0.39 is 0 Å². The van der Waals surface area contributed by atoms with Crippen molar-refractivity contribution in [2.24, 2.45) is 17.3 Å². The number of anilines is 1. The van der Waals surface area contributed by atoms with Crippen LogP contribution in [0.15, 0.2) is 35.9 Å². The molecule has 1 heterocycles. The lowest BCUT2D eigenvalue weighted by Gasteiger charge is -2.03. The molecule has 3 rings (SSSR count). The highest BCUT2D eigenvalue weighted by atomic mass is 16.2. The normalized spacial score (nSPS) is 22.9. The van der Waals surface area contributed by atoms with Crippen molar-refractivity contribution < 1.29 is 4.79 Å². The molecule has 0 radical (unpaired) electrons. The van der Waals surface area contributed by atoms with Gasteiger partial charge in [-0.05, 0) is 37.3 Å². The molecule has 1 amide bonds. The number of nitrogens with one attached hydrogen (secondary N) is 2. The summed E-state index contributed by atoms with van der Waals surface area (Å²) in [6.07, 6.45) is 2.20. The number of rotatable bonds is 3. The Morgan fingerprint density at radius 3 is 2.76 bits per heavy atom. The first-order valence-corrected chi connectivity index (χ1v) is 7.30. The Kier molecular flexibility index (Phi) is 3.12. The fraction of sp³-hybridized carbons (Fsp3) is 0.412. The Bertz CT molecular complexity index is 722. The smallest absolute Gasteiger partial charge is 0.229 e. The van der Waals surface area contributed by atoms with Crippen molar-refractivity contribution >= 4 is 22.6 Å².